The van der Waals surface area contributed by atoms with Crippen LogP contribution in [0.5, 0.6) is 5.75 Å². The maximum atomic E-state index is 12.7. The van der Waals surface area contributed by atoms with Gasteiger partial charge in [-0.15, -0.1) is 0 Å². The van der Waals surface area contributed by atoms with E-state index in [0.717, 1.165) is 19.4 Å². The topological polar surface area (TPSA) is 64.8 Å². The van der Waals surface area contributed by atoms with Crippen LogP contribution in [0.3, 0.4) is 0 Å². The first-order chi connectivity index (χ1) is 10.1. The summed E-state index contributed by atoms with van der Waals surface area (Å²) in [5.41, 5.74) is 6.57. The van der Waals surface area contributed by atoms with Gasteiger partial charge < -0.3 is 20.1 Å². The number of hydrogen-bond acceptors (Lipinski definition) is 4. The van der Waals surface area contributed by atoms with Gasteiger partial charge in [-0.05, 0) is 25.8 Å². The van der Waals surface area contributed by atoms with Crippen molar-refractivity contribution in [3.8, 4) is 5.75 Å². The molecule has 0 spiro atoms. The number of nitrogens with two attached hydrogens (primary N) is 1. The van der Waals surface area contributed by atoms with Crippen molar-refractivity contribution in [3.05, 3.63) is 22.7 Å². The second kappa shape index (κ2) is 7.00. The van der Waals surface area contributed by atoms with Gasteiger partial charge in [-0.25, -0.2) is 0 Å². The number of halogens is 1. The number of anilines is 1. The number of ether oxygens (including phenoxy) is 2. The number of carbonyl (C=O) groups is 1. The van der Waals surface area contributed by atoms with Crippen molar-refractivity contribution in [3.63, 3.8) is 0 Å². The molecule has 1 heterocycles. The van der Waals surface area contributed by atoms with E-state index in [0.29, 0.717) is 35.1 Å². The van der Waals surface area contributed by atoms with Crippen LogP contribution in [-0.2, 0) is 4.74 Å². The first-order valence-electron chi connectivity index (χ1n) is 7.10. The van der Waals surface area contributed by atoms with E-state index in [9.17, 15) is 4.79 Å². The largest absolute Gasteiger partial charge is 0.496 e. The zero-order valence-corrected chi connectivity index (χ0v) is 13.2. The summed E-state index contributed by atoms with van der Waals surface area (Å²) in [5, 5.41) is 0.354. The SMILES string of the molecule is CCN(CC1CCCO1)C(=O)c1cc(Cl)c(N)cc1OC. The van der Waals surface area contributed by atoms with Crippen LogP contribution in [0, 0.1) is 0 Å². The smallest absolute Gasteiger partial charge is 0.257 e. The Morgan fingerprint density at radius 2 is 2.33 bits per heavy atom. The third-order valence-electron chi connectivity index (χ3n) is 3.67. The second-order valence-electron chi connectivity index (χ2n) is 5.05. The van der Waals surface area contributed by atoms with Gasteiger partial charge in [0.15, 0.2) is 0 Å². The molecule has 0 aromatic heterocycles. The van der Waals surface area contributed by atoms with Crippen LogP contribution in [0.15, 0.2) is 12.1 Å². The highest BCUT2D eigenvalue weighted by Gasteiger charge is 2.24. The molecule has 1 aliphatic rings. The lowest BCUT2D eigenvalue weighted by molar-refractivity contribution is 0.0537. The number of nitrogen functional groups attached to an aromatic ring is 1. The lowest BCUT2D eigenvalue weighted by atomic mass is 10.1. The van der Waals surface area contributed by atoms with Gasteiger partial charge in [-0.1, -0.05) is 11.6 Å². The van der Waals surface area contributed by atoms with E-state index in [-0.39, 0.29) is 12.0 Å². The van der Waals surface area contributed by atoms with E-state index >= 15 is 0 Å². The molecule has 1 unspecified atom stereocenters. The molecule has 1 saturated heterocycles. The molecule has 5 nitrogen and oxygen atoms in total. The summed E-state index contributed by atoms with van der Waals surface area (Å²) in [4.78, 5) is 14.4. The number of benzene rings is 1. The quantitative estimate of drug-likeness (QED) is 0.849. The predicted octanol–water partition coefficient (Wildman–Crippen LogP) is 2.57. The number of likely N-dealkylation sites (N-methyl/N-ethyl adjacent to an activating group) is 1. The fourth-order valence-electron chi connectivity index (χ4n) is 2.47. The van der Waals surface area contributed by atoms with Crippen LogP contribution in [0.2, 0.25) is 5.02 Å². The fraction of sp³-hybridized carbons (Fsp3) is 0.533. The summed E-state index contributed by atoms with van der Waals surface area (Å²) in [6.45, 7) is 3.90. The minimum Gasteiger partial charge on any atom is -0.496 e. The van der Waals surface area contributed by atoms with Crippen molar-refractivity contribution < 1.29 is 14.3 Å². The van der Waals surface area contributed by atoms with Crippen LogP contribution in [0.1, 0.15) is 30.1 Å². The summed E-state index contributed by atoms with van der Waals surface area (Å²) >= 11 is 6.03. The van der Waals surface area contributed by atoms with Gasteiger partial charge in [0, 0.05) is 25.8 Å². The minimum absolute atomic E-state index is 0.115. The minimum atomic E-state index is -0.119. The van der Waals surface area contributed by atoms with Crippen molar-refractivity contribution in [2.75, 3.05) is 32.5 Å². The van der Waals surface area contributed by atoms with Crippen LogP contribution < -0.4 is 10.5 Å². The first-order valence-corrected chi connectivity index (χ1v) is 7.48. The Hall–Kier alpha value is -1.46. The molecule has 21 heavy (non-hydrogen) atoms. The highest BCUT2D eigenvalue weighted by molar-refractivity contribution is 6.33. The molecule has 1 atom stereocenters. The molecule has 6 heteroatoms. The van der Waals surface area contributed by atoms with E-state index < -0.39 is 0 Å². The van der Waals surface area contributed by atoms with Crippen molar-refractivity contribution in [2.24, 2.45) is 0 Å². The van der Waals surface area contributed by atoms with Crippen molar-refractivity contribution in [1.82, 2.24) is 4.90 Å². The molecule has 0 saturated carbocycles. The van der Waals surface area contributed by atoms with E-state index in [1.807, 2.05) is 6.92 Å². The summed E-state index contributed by atoms with van der Waals surface area (Å²) in [6.07, 6.45) is 2.15. The fourth-order valence-corrected chi connectivity index (χ4v) is 2.63. The maximum Gasteiger partial charge on any atom is 0.257 e. The third kappa shape index (κ3) is 3.60. The molecular formula is C15H21ClN2O3. The summed E-state index contributed by atoms with van der Waals surface area (Å²) in [7, 11) is 1.51. The highest BCUT2D eigenvalue weighted by Crippen LogP contribution is 2.30. The van der Waals surface area contributed by atoms with Gasteiger partial charge in [-0.2, -0.15) is 0 Å². The summed E-state index contributed by atoms with van der Waals surface area (Å²) in [6, 6.07) is 3.14. The van der Waals surface area contributed by atoms with Gasteiger partial charge in [0.1, 0.15) is 5.75 Å². The Labute approximate surface area is 130 Å². The maximum absolute atomic E-state index is 12.7. The third-order valence-corrected chi connectivity index (χ3v) is 3.99. The predicted molar refractivity (Wildman–Crippen MR) is 83.0 cm³/mol. The van der Waals surface area contributed by atoms with Crippen LogP contribution >= 0.6 is 11.6 Å². The molecule has 0 bridgehead atoms. The van der Waals surface area contributed by atoms with E-state index in [2.05, 4.69) is 0 Å². The molecule has 116 valence electrons. The Morgan fingerprint density at radius 3 is 2.90 bits per heavy atom. The molecule has 1 aromatic rings. The Morgan fingerprint density at radius 1 is 1.57 bits per heavy atom. The lowest BCUT2D eigenvalue weighted by Crippen LogP contribution is -2.37. The summed E-state index contributed by atoms with van der Waals surface area (Å²) < 4.78 is 10.8. The number of hydrogen-bond donors (Lipinski definition) is 1. The zero-order valence-electron chi connectivity index (χ0n) is 12.4. The van der Waals surface area contributed by atoms with E-state index in [1.54, 1.807) is 17.0 Å². The van der Waals surface area contributed by atoms with E-state index in [1.165, 1.54) is 7.11 Å². The molecule has 1 aromatic carbocycles. The number of nitrogens with zero attached hydrogens (tertiary/aromatic N) is 1. The molecule has 0 radical (unpaired) electrons. The van der Waals surface area contributed by atoms with Crippen LogP contribution in [0.25, 0.3) is 0 Å². The molecule has 2 rings (SSSR count). The molecule has 2 N–H and O–H groups in total. The average Bonchev–Trinajstić information content (AvgIpc) is 2.99. The molecule has 0 aliphatic carbocycles. The number of methoxy groups -OCH3 is 1. The Bertz CT molecular complexity index is 516. The van der Waals surface area contributed by atoms with E-state index in [4.69, 9.17) is 26.8 Å². The van der Waals surface area contributed by atoms with Gasteiger partial charge in [0.25, 0.3) is 5.91 Å². The lowest BCUT2D eigenvalue weighted by Gasteiger charge is -2.25. The van der Waals surface area contributed by atoms with Crippen LogP contribution in [0.4, 0.5) is 5.69 Å². The van der Waals surface area contributed by atoms with Gasteiger partial charge >= 0.3 is 0 Å². The first kappa shape index (κ1) is 15.9. The molecule has 1 amide bonds. The van der Waals surface area contributed by atoms with Crippen molar-refractivity contribution >= 4 is 23.2 Å². The number of carbonyl (C=O) groups excluding carboxylic acids is 1. The standard InChI is InChI=1S/C15H21ClN2O3/c1-3-18(9-10-5-4-6-21-10)15(19)11-7-12(16)13(17)8-14(11)20-2/h7-8,10H,3-6,9,17H2,1-2H3. The Kier molecular flexibility index (Phi) is 5.31. The summed E-state index contributed by atoms with van der Waals surface area (Å²) in [5.74, 6) is 0.319. The number of amides is 1. The Balaban J connectivity index is 2.21. The van der Waals surface area contributed by atoms with Crippen LogP contribution in [-0.4, -0.2) is 43.7 Å². The zero-order chi connectivity index (χ0) is 15.4. The highest BCUT2D eigenvalue weighted by atomic mass is 35.5. The molecule has 1 aliphatic heterocycles. The molecule has 1 fully saturated rings. The number of rotatable bonds is 5. The molecular weight excluding hydrogens is 292 g/mol. The van der Waals surface area contributed by atoms with Gasteiger partial charge in [-0.3, -0.25) is 4.79 Å². The van der Waals surface area contributed by atoms with Crippen molar-refractivity contribution in [2.45, 2.75) is 25.9 Å². The second-order valence-corrected chi connectivity index (χ2v) is 5.46. The normalized spacial score (nSPS) is 17.8. The average molecular weight is 313 g/mol. The van der Waals surface area contributed by atoms with Gasteiger partial charge in [0.05, 0.1) is 29.5 Å². The van der Waals surface area contributed by atoms with Crippen molar-refractivity contribution in [1.29, 1.82) is 0 Å². The van der Waals surface area contributed by atoms with Gasteiger partial charge in [0.2, 0.25) is 0 Å². The monoisotopic (exact) mass is 312 g/mol.